The van der Waals surface area contributed by atoms with E-state index in [0.29, 0.717) is 6.04 Å². The molecule has 25 heavy (non-hydrogen) atoms. The number of nitrogens with zero attached hydrogens (tertiary/aromatic N) is 2. The van der Waals surface area contributed by atoms with E-state index in [1.54, 1.807) is 12.1 Å². The van der Waals surface area contributed by atoms with Gasteiger partial charge in [-0.2, -0.15) is 0 Å². The quantitative estimate of drug-likeness (QED) is 0.723. The molecular formula is C21H24FN3. The highest BCUT2D eigenvalue weighted by Crippen LogP contribution is 2.28. The minimum absolute atomic E-state index is 0.163. The summed E-state index contributed by atoms with van der Waals surface area (Å²) in [5.41, 5.74) is 9.23. The highest BCUT2D eigenvalue weighted by Gasteiger charge is 2.21. The third-order valence-corrected chi connectivity index (χ3v) is 5.33. The van der Waals surface area contributed by atoms with Crippen molar-refractivity contribution in [3.63, 3.8) is 0 Å². The van der Waals surface area contributed by atoms with Crippen LogP contribution in [0.1, 0.15) is 24.4 Å². The van der Waals surface area contributed by atoms with Gasteiger partial charge in [-0.05, 0) is 60.5 Å². The maximum atomic E-state index is 13.0. The van der Waals surface area contributed by atoms with Crippen LogP contribution in [0, 0.1) is 5.82 Å². The first kappa shape index (κ1) is 16.2. The Kier molecular flexibility index (Phi) is 4.45. The van der Waals surface area contributed by atoms with Gasteiger partial charge < -0.3 is 15.2 Å². The Morgan fingerprint density at radius 1 is 1.00 bits per heavy atom. The van der Waals surface area contributed by atoms with Crippen LogP contribution >= 0.6 is 0 Å². The third kappa shape index (κ3) is 3.54. The second-order valence-electron chi connectivity index (χ2n) is 6.99. The van der Waals surface area contributed by atoms with Crippen molar-refractivity contribution in [3.8, 4) is 0 Å². The molecule has 3 nitrogen and oxygen atoms in total. The molecule has 3 aromatic rings. The molecule has 2 aromatic carbocycles. The lowest BCUT2D eigenvalue weighted by molar-refractivity contribution is 0.190. The van der Waals surface area contributed by atoms with Crippen LogP contribution in [0.25, 0.3) is 10.9 Å². The summed E-state index contributed by atoms with van der Waals surface area (Å²) in [6, 6.07) is 15.7. The van der Waals surface area contributed by atoms with E-state index in [4.69, 9.17) is 5.73 Å². The molecule has 0 bridgehead atoms. The number of likely N-dealkylation sites (tertiary alicyclic amines) is 1. The Bertz CT molecular complexity index is 845. The van der Waals surface area contributed by atoms with Crippen molar-refractivity contribution < 1.29 is 4.39 Å². The Balaban J connectivity index is 1.36. The van der Waals surface area contributed by atoms with Gasteiger partial charge in [-0.3, -0.25) is 0 Å². The molecule has 0 saturated carbocycles. The lowest BCUT2D eigenvalue weighted by atomic mass is 10.0. The average molecular weight is 337 g/mol. The molecule has 0 radical (unpaired) electrons. The highest BCUT2D eigenvalue weighted by molar-refractivity contribution is 5.83. The number of anilines is 1. The van der Waals surface area contributed by atoms with Gasteiger partial charge in [0.05, 0.1) is 5.52 Å². The van der Waals surface area contributed by atoms with Crippen LogP contribution in [0.5, 0.6) is 0 Å². The van der Waals surface area contributed by atoms with Gasteiger partial charge in [-0.25, -0.2) is 4.39 Å². The number of rotatable bonds is 4. The molecule has 130 valence electrons. The summed E-state index contributed by atoms with van der Waals surface area (Å²) in [6.07, 6.45) is 5.49. The monoisotopic (exact) mass is 337 g/mol. The van der Waals surface area contributed by atoms with Gasteiger partial charge in [0.1, 0.15) is 5.82 Å². The molecular weight excluding hydrogens is 313 g/mol. The molecule has 0 unspecified atom stereocenters. The average Bonchev–Trinajstić information content (AvgIpc) is 3.05. The predicted molar refractivity (Wildman–Crippen MR) is 101 cm³/mol. The van der Waals surface area contributed by atoms with E-state index in [0.717, 1.165) is 44.6 Å². The van der Waals surface area contributed by atoms with Gasteiger partial charge in [0.15, 0.2) is 0 Å². The fourth-order valence-corrected chi connectivity index (χ4v) is 3.84. The van der Waals surface area contributed by atoms with Crippen molar-refractivity contribution in [1.82, 2.24) is 9.47 Å². The first-order valence-corrected chi connectivity index (χ1v) is 9.02. The summed E-state index contributed by atoms with van der Waals surface area (Å²) < 4.78 is 15.4. The molecule has 2 N–H and O–H groups in total. The summed E-state index contributed by atoms with van der Waals surface area (Å²) in [7, 11) is 0. The first-order chi connectivity index (χ1) is 12.2. The molecule has 1 aromatic heterocycles. The molecule has 4 heteroatoms. The summed E-state index contributed by atoms with van der Waals surface area (Å²) in [4.78, 5) is 2.51. The number of nitrogens with two attached hydrogens (primary N) is 1. The summed E-state index contributed by atoms with van der Waals surface area (Å²) >= 11 is 0. The van der Waals surface area contributed by atoms with Crippen molar-refractivity contribution in [2.45, 2.75) is 25.3 Å². The van der Waals surface area contributed by atoms with E-state index < -0.39 is 0 Å². The molecule has 1 fully saturated rings. The molecule has 2 heterocycles. The van der Waals surface area contributed by atoms with E-state index in [1.165, 1.54) is 16.5 Å². The topological polar surface area (TPSA) is 34.2 Å². The predicted octanol–water partition coefficient (Wildman–Crippen LogP) is 4.24. The Morgan fingerprint density at radius 3 is 2.52 bits per heavy atom. The number of benzene rings is 2. The van der Waals surface area contributed by atoms with Crippen LogP contribution in [0.4, 0.5) is 10.1 Å². The van der Waals surface area contributed by atoms with Crippen LogP contribution < -0.4 is 5.73 Å². The fraction of sp³-hybridized carbons (Fsp3) is 0.333. The molecule has 0 spiro atoms. The Labute approximate surface area is 147 Å². The smallest absolute Gasteiger partial charge is 0.123 e. The third-order valence-electron chi connectivity index (χ3n) is 5.33. The molecule has 1 aliphatic rings. The number of hydrogen-bond acceptors (Lipinski definition) is 2. The number of nitrogen functional groups attached to an aromatic ring is 1. The fourth-order valence-electron chi connectivity index (χ4n) is 3.84. The molecule has 1 aliphatic heterocycles. The van der Waals surface area contributed by atoms with Crippen LogP contribution in [0.15, 0.2) is 54.7 Å². The lowest BCUT2D eigenvalue weighted by Crippen LogP contribution is -2.35. The summed E-state index contributed by atoms with van der Waals surface area (Å²) in [6.45, 7) is 3.25. The zero-order chi connectivity index (χ0) is 17.2. The first-order valence-electron chi connectivity index (χ1n) is 9.02. The molecule has 1 saturated heterocycles. The zero-order valence-electron chi connectivity index (χ0n) is 14.4. The van der Waals surface area contributed by atoms with Crippen LogP contribution in [-0.4, -0.2) is 29.1 Å². The molecule has 4 rings (SSSR count). The maximum Gasteiger partial charge on any atom is 0.123 e. The van der Waals surface area contributed by atoms with E-state index in [9.17, 15) is 4.39 Å². The lowest BCUT2D eigenvalue weighted by Gasteiger charge is -2.33. The Morgan fingerprint density at radius 2 is 1.76 bits per heavy atom. The van der Waals surface area contributed by atoms with Gasteiger partial charge in [0, 0.05) is 37.6 Å². The zero-order valence-corrected chi connectivity index (χ0v) is 14.4. The van der Waals surface area contributed by atoms with Crippen LogP contribution in [0.3, 0.4) is 0 Å². The number of halogens is 1. The van der Waals surface area contributed by atoms with E-state index >= 15 is 0 Å². The van der Waals surface area contributed by atoms with E-state index in [1.807, 2.05) is 18.2 Å². The Hall–Kier alpha value is -2.33. The second-order valence-corrected chi connectivity index (χ2v) is 6.99. The highest BCUT2D eigenvalue weighted by atomic mass is 19.1. The van der Waals surface area contributed by atoms with Crippen molar-refractivity contribution in [2.24, 2.45) is 0 Å². The largest absolute Gasteiger partial charge is 0.399 e. The molecule has 0 amide bonds. The number of aromatic nitrogens is 1. The van der Waals surface area contributed by atoms with Crippen LogP contribution in [-0.2, 0) is 6.42 Å². The van der Waals surface area contributed by atoms with Crippen molar-refractivity contribution in [1.29, 1.82) is 0 Å². The van der Waals surface area contributed by atoms with E-state index in [-0.39, 0.29) is 5.82 Å². The molecule has 0 atom stereocenters. The van der Waals surface area contributed by atoms with E-state index in [2.05, 4.69) is 33.9 Å². The number of hydrogen-bond donors (Lipinski definition) is 1. The summed E-state index contributed by atoms with van der Waals surface area (Å²) in [5.74, 6) is -0.163. The molecule has 0 aliphatic carbocycles. The van der Waals surface area contributed by atoms with Crippen molar-refractivity contribution in [3.05, 3.63) is 66.1 Å². The van der Waals surface area contributed by atoms with Gasteiger partial charge in [-0.1, -0.05) is 18.2 Å². The number of fused-ring (bicyclic) bond motifs is 1. The normalized spacial score (nSPS) is 16.5. The summed E-state index contributed by atoms with van der Waals surface area (Å²) in [5, 5.41) is 1.26. The SMILES string of the molecule is Nc1ccc2ccn(C3CCN(CCc4ccc(F)cc4)CC3)c2c1. The van der Waals surface area contributed by atoms with Crippen molar-refractivity contribution >= 4 is 16.6 Å². The second kappa shape index (κ2) is 6.89. The van der Waals surface area contributed by atoms with Crippen molar-refractivity contribution in [2.75, 3.05) is 25.4 Å². The standard InChI is InChI=1S/C21H24FN3/c22-18-4-1-16(2-5-18)7-11-24-12-9-20(10-13-24)25-14-8-17-3-6-19(23)15-21(17)25/h1-6,8,14-15,20H,7,9-13,23H2. The minimum atomic E-state index is -0.163. The van der Waals surface area contributed by atoms with Gasteiger partial charge in [0.25, 0.3) is 0 Å². The maximum absolute atomic E-state index is 13.0. The van der Waals surface area contributed by atoms with Gasteiger partial charge in [-0.15, -0.1) is 0 Å². The number of piperidine rings is 1. The van der Waals surface area contributed by atoms with Gasteiger partial charge >= 0.3 is 0 Å². The van der Waals surface area contributed by atoms with Gasteiger partial charge in [0.2, 0.25) is 0 Å². The minimum Gasteiger partial charge on any atom is -0.399 e. The van der Waals surface area contributed by atoms with Crippen LogP contribution in [0.2, 0.25) is 0 Å².